The topological polar surface area (TPSA) is 29.5 Å². The summed E-state index contributed by atoms with van der Waals surface area (Å²) in [6.45, 7) is 2.98. The van der Waals surface area contributed by atoms with Crippen LogP contribution in [0.15, 0.2) is 12.1 Å². The molecule has 120 valence electrons. The lowest BCUT2D eigenvalue weighted by atomic mass is 9.95. The third kappa shape index (κ3) is 3.28. The Hall–Kier alpha value is -1.13. The third-order valence-electron chi connectivity index (χ3n) is 4.65. The first kappa shape index (κ1) is 15.8. The summed E-state index contributed by atoms with van der Waals surface area (Å²) >= 11 is 6.03. The predicted molar refractivity (Wildman–Crippen MR) is 83.8 cm³/mol. The second kappa shape index (κ2) is 6.55. The quantitative estimate of drug-likeness (QED) is 0.841. The second-order valence-corrected chi connectivity index (χ2v) is 6.67. The van der Waals surface area contributed by atoms with Crippen molar-refractivity contribution in [2.45, 2.75) is 51.2 Å². The number of carbonyl (C=O) groups excluding carboxylic acids is 1. The Labute approximate surface area is 135 Å². The van der Waals surface area contributed by atoms with Crippen molar-refractivity contribution in [3.8, 4) is 0 Å². The molecule has 1 saturated carbocycles. The van der Waals surface area contributed by atoms with Gasteiger partial charge in [0.25, 0.3) is 5.91 Å². The minimum Gasteiger partial charge on any atom is -0.375 e. The monoisotopic (exact) mass is 325 g/mol. The summed E-state index contributed by atoms with van der Waals surface area (Å²) in [6.07, 6.45) is 6.03. The maximum Gasteiger partial charge on any atom is 0.255 e. The SMILES string of the molecule is Cc1cc(C(=O)N2CCC(OC3CCC3)CC2)c(Cl)cc1F. The number of benzene rings is 1. The summed E-state index contributed by atoms with van der Waals surface area (Å²) in [4.78, 5) is 14.3. The molecule has 1 aromatic rings. The number of hydrogen-bond acceptors (Lipinski definition) is 2. The van der Waals surface area contributed by atoms with Crippen molar-refractivity contribution < 1.29 is 13.9 Å². The standard InChI is InChI=1S/C17H21ClFNO2/c1-11-9-14(15(18)10-16(11)19)17(21)20-7-5-13(6-8-20)22-12-3-2-4-12/h9-10,12-13H,2-8H2,1H3. The highest BCUT2D eigenvalue weighted by Crippen LogP contribution is 2.28. The number of halogens is 2. The smallest absolute Gasteiger partial charge is 0.255 e. The fourth-order valence-corrected chi connectivity index (χ4v) is 3.20. The number of hydrogen-bond donors (Lipinski definition) is 0. The molecule has 0 atom stereocenters. The summed E-state index contributed by atoms with van der Waals surface area (Å²) in [5, 5.41) is 0.181. The molecule has 0 aromatic heterocycles. The Balaban J connectivity index is 1.60. The van der Waals surface area contributed by atoms with Gasteiger partial charge in [0, 0.05) is 13.1 Å². The molecule has 1 aliphatic carbocycles. The molecule has 3 rings (SSSR count). The fourth-order valence-electron chi connectivity index (χ4n) is 2.97. The van der Waals surface area contributed by atoms with Crippen molar-refractivity contribution in [1.29, 1.82) is 0 Å². The predicted octanol–water partition coefficient (Wildman–Crippen LogP) is 3.96. The second-order valence-electron chi connectivity index (χ2n) is 6.26. The van der Waals surface area contributed by atoms with Crippen molar-refractivity contribution in [2.24, 2.45) is 0 Å². The molecule has 1 aliphatic heterocycles. The largest absolute Gasteiger partial charge is 0.375 e. The van der Waals surface area contributed by atoms with Gasteiger partial charge in [0.05, 0.1) is 22.8 Å². The normalized spacial score (nSPS) is 20.0. The maximum absolute atomic E-state index is 13.5. The van der Waals surface area contributed by atoms with E-state index in [1.807, 2.05) is 0 Å². The fraction of sp³-hybridized carbons (Fsp3) is 0.588. The first-order valence-corrected chi connectivity index (χ1v) is 8.33. The lowest BCUT2D eigenvalue weighted by molar-refractivity contribution is -0.0705. The van der Waals surface area contributed by atoms with Crippen LogP contribution in [0.4, 0.5) is 4.39 Å². The van der Waals surface area contributed by atoms with E-state index in [1.165, 1.54) is 31.4 Å². The van der Waals surface area contributed by atoms with E-state index >= 15 is 0 Å². The molecular formula is C17H21ClFNO2. The number of piperidine rings is 1. The molecule has 3 nitrogen and oxygen atoms in total. The van der Waals surface area contributed by atoms with E-state index in [-0.39, 0.29) is 22.9 Å². The van der Waals surface area contributed by atoms with Gasteiger partial charge in [0.2, 0.25) is 0 Å². The van der Waals surface area contributed by atoms with Gasteiger partial charge in [-0.25, -0.2) is 4.39 Å². The molecule has 2 aliphatic rings. The van der Waals surface area contributed by atoms with Crippen molar-refractivity contribution in [1.82, 2.24) is 4.90 Å². The number of rotatable bonds is 3. The zero-order chi connectivity index (χ0) is 15.7. The van der Waals surface area contributed by atoms with Gasteiger partial charge in [0.1, 0.15) is 5.82 Å². The summed E-state index contributed by atoms with van der Waals surface area (Å²) in [5.41, 5.74) is 0.829. The van der Waals surface area contributed by atoms with Crippen LogP contribution in [0.3, 0.4) is 0 Å². The van der Waals surface area contributed by atoms with Crippen LogP contribution in [0.5, 0.6) is 0 Å². The molecule has 1 amide bonds. The van der Waals surface area contributed by atoms with Crippen LogP contribution in [-0.2, 0) is 4.74 Å². The van der Waals surface area contributed by atoms with Crippen molar-refractivity contribution in [2.75, 3.05) is 13.1 Å². The molecule has 0 bridgehead atoms. The van der Waals surface area contributed by atoms with E-state index in [4.69, 9.17) is 16.3 Å². The van der Waals surface area contributed by atoms with Crippen LogP contribution in [0.1, 0.15) is 48.0 Å². The first-order chi connectivity index (χ1) is 10.5. The van der Waals surface area contributed by atoms with Gasteiger partial charge in [-0.15, -0.1) is 0 Å². The molecule has 0 spiro atoms. The van der Waals surface area contributed by atoms with E-state index in [0.717, 1.165) is 12.8 Å². The highest BCUT2D eigenvalue weighted by molar-refractivity contribution is 6.33. The molecule has 1 aromatic carbocycles. The molecule has 0 N–H and O–H groups in total. The summed E-state index contributed by atoms with van der Waals surface area (Å²) in [6, 6.07) is 2.76. The lowest BCUT2D eigenvalue weighted by Crippen LogP contribution is -2.42. The number of aryl methyl sites for hydroxylation is 1. The molecule has 0 radical (unpaired) electrons. The van der Waals surface area contributed by atoms with Crippen molar-refractivity contribution in [3.05, 3.63) is 34.1 Å². The van der Waals surface area contributed by atoms with Crippen LogP contribution in [0.2, 0.25) is 5.02 Å². The summed E-state index contributed by atoms with van der Waals surface area (Å²) in [5.74, 6) is -0.496. The minimum absolute atomic E-state index is 0.116. The molecule has 1 saturated heterocycles. The van der Waals surface area contributed by atoms with Gasteiger partial charge in [0.15, 0.2) is 0 Å². The Bertz CT molecular complexity index is 566. The first-order valence-electron chi connectivity index (χ1n) is 7.95. The van der Waals surface area contributed by atoms with Crippen LogP contribution >= 0.6 is 11.6 Å². The van der Waals surface area contributed by atoms with Gasteiger partial charge in [-0.05, 0) is 56.7 Å². The van der Waals surface area contributed by atoms with E-state index in [2.05, 4.69) is 0 Å². The number of amides is 1. The average molecular weight is 326 g/mol. The number of carbonyl (C=O) groups is 1. The summed E-state index contributed by atoms with van der Waals surface area (Å²) in [7, 11) is 0. The minimum atomic E-state index is -0.380. The Kier molecular flexibility index (Phi) is 4.69. The van der Waals surface area contributed by atoms with E-state index in [1.54, 1.807) is 11.8 Å². The van der Waals surface area contributed by atoms with E-state index < -0.39 is 0 Å². The highest BCUT2D eigenvalue weighted by atomic mass is 35.5. The zero-order valence-corrected chi connectivity index (χ0v) is 13.5. The number of ether oxygens (including phenoxy) is 1. The van der Waals surface area contributed by atoms with Gasteiger partial charge >= 0.3 is 0 Å². The van der Waals surface area contributed by atoms with E-state index in [9.17, 15) is 9.18 Å². The van der Waals surface area contributed by atoms with Crippen LogP contribution < -0.4 is 0 Å². The third-order valence-corrected chi connectivity index (χ3v) is 4.96. The van der Waals surface area contributed by atoms with Gasteiger partial charge in [-0.1, -0.05) is 11.6 Å². The Morgan fingerprint density at radius 3 is 2.45 bits per heavy atom. The molecule has 2 fully saturated rings. The molecule has 1 heterocycles. The molecule has 0 unspecified atom stereocenters. The molecular weight excluding hydrogens is 305 g/mol. The van der Waals surface area contributed by atoms with Gasteiger partial charge < -0.3 is 9.64 Å². The average Bonchev–Trinajstić information content (AvgIpc) is 2.47. The number of nitrogens with zero attached hydrogens (tertiary/aromatic N) is 1. The lowest BCUT2D eigenvalue weighted by Gasteiger charge is -2.36. The van der Waals surface area contributed by atoms with E-state index in [0.29, 0.717) is 30.3 Å². The van der Waals surface area contributed by atoms with Gasteiger partial charge in [-0.2, -0.15) is 0 Å². The zero-order valence-electron chi connectivity index (χ0n) is 12.8. The highest BCUT2D eigenvalue weighted by Gasteiger charge is 2.28. The Morgan fingerprint density at radius 1 is 1.23 bits per heavy atom. The van der Waals surface area contributed by atoms with Crippen molar-refractivity contribution in [3.63, 3.8) is 0 Å². The number of likely N-dealkylation sites (tertiary alicyclic amines) is 1. The molecule has 22 heavy (non-hydrogen) atoms. The Morgan fingerprint density at radius 2 is 1.86 bits per heavy atom. The van der Waals surface area contributed by atoms with Crippen molar-refractivity contribution >= 4 is 17.5 Å². The molecule has 5 heteroatoms. The maximum atomic E-state index is 13.5. The summed E-state index contributed by atoms with van der Waals surface area (Å²) < 4.78 is 19.5. The van der Waals surface area contributed by atoms with Crippen LogP contribution in [0.25, 0.3) is 0 Å². The van der Waals surface area contributed by atoms with Crippen LogP contribution in [0, 0.1) is 12.7 Å². The van der Waals surface area contributed by atoms with Gasteiger partial charge in [-0.3, -0.25) is 4.79 Å². The van der Waals surface area contributed by atoms with Crippen LogP contribution in [-0.4, -0.2) is 36.1 Å².